The number of hydrogen-bond acceptors (Lipinski definition) is 4. The minimum Gasteiger partial charge on any atom is -0.478 e. The molecule has 2 aromatic rings. The fourth-order valence-electron chi connectivity index (χ4n) is 2.42. The molecule has 2 N–H and O–H groups in total. The molecule has 0 bridgehead atoms. The van der Waals surface area contributed by atoms with E-state index in [1.165, 1.54) is 6.92 Å². The highest BCUT2D eigenvalue weighted by molar-refractivity contribution is 7.89. The van der Waals surface area contributed by atoms with E-state index in [1.807, 2.05) is 0 Å². The number of halogens is 5. The molecule has 0 amide bonds. The Hall–Kier alpha value is -1.82. The number of hydrogen-bond donors (Lipinski definition) is 2. The molecule has 160 valence electrons. The third kappa shape index (κ3) is 5.62. The van der Waals surface area contributed by atoms with Crippen LogP contribution in [0.4, 0.5) is 13.2 Å². The average molecular weight is 474 g/mol. The molecule has 13 heteroatoms. The maximum atomic E-state index is 12.7. The van der Waals surface area contributed by atoms with Gasteiger partial charge in [0.1, 0.15) is 4.90 Å². The number of alkyl halides is 3. The zero-order valence-electron chi connectivity index (χ0n) is 15.1. The standard InChI is InChI=1S/C16H16Cl2F3N3O4S/c1-8(7-24-9(2)3-14(23-24)16(19,20)21)6-22-29(27,28)13-4-10(15(25)26)11(17)5-12(13)18/h3-5,8,22H,6-7H2,1-2H3,(H,25,26). The Morgan fingerprint density at radius 2 is 1.90 bits per heavy atom. The van der Waals surface area contributed by atoms with Crippen LogP contribution < -0.4 is 4.72 Å². The third-order valence-corrected chi connectivity index (χ3v) is 6.12. The van der Waals surface area contributed by atoms with Gasteiger partial charge in [0.25, 0.3) is 0 Å². The fraction of sp³-hybridized carbons (Fsp3) is 0.375. The van der Waals surface area contributed by atoms with E-state index in [9.17, 15) is 26.4 Å². The van der Waals surface area contributed by atoms with Crippen molar-refractivity contribution < 1.29 is 31.5 Å². The fourth-order valence-corrected chi connectivity index (χ4v) is 4.44. The van der Waals surface area contributed by atoms with E-state index in [4.69, 9.17) is 28.3 Å². The van der Waals surface area contributed by atoms with Crippen LogP contribution in [0.2, 0.25) is 10.0 Å². The molecular formula is C16H16Cl2F3N3O4S. The van der Waals surface area contributed by atoms with Crippen LogP contribution in [0, 0.1) is 12.8 Å². The topological polar surface area (TPSA) is 101 Å². The van der Waals surface area contributed by atoms with Crippen molar-refractivity contribution in [3.63, 3.8) is 0 Å². The molecule has 1 aromatic carbocycles. The zero-order chi connectivity index (χ0) is 22.1. The van der Waals surface area contributed by atoms with Crippen LogP contribution >= 0.6 is 23.2 Å². The summed E-state index contributed by atoms with van der Waals surface area (Å²) < 4.78 is 66.6. The van der Waals surface area contributed by atoms with Gasteiger partial charge in [0.2, 0.25) is 10.0 Å². The monoisotopic (exact) mass is 473 g/mol. The van der Waals surface area contributed by atoms with Gasteiger partial charge in [-0.2, -0.15) is 18.3 Å². The molecule has 1 atom stereocenters. The third-order valence-electron chi connectivity index (χ3n) is 3.92. The van der Waals surface area contributed by atoms with Gasteiger partial charge in [0.05, 0.1) is 15.6 Å². The average Bonchev–Trinajstić information content (AvgIpc) is 2.93. The van der Waals surface area contributed by atoms with Crippen LogP contribution in [0.5, 0.6) is 0 Å². The number of carbonyl (C=O) groups is 1. The zero-order valence-corrected chi connectivity index (χ0v) is 17.4. The number of benzene rings is 1. The van der Waals surface area contributed by atoms with E-state index >= 15 is 0 Å². The molecule has 0 aliphatic carbocycles. The van der Waals surface area contributed by atoms with Crippen molar-refractivity contribution in [3.05, 3.63) is 45.2 Å². The van der Waals surface area contributed by atoms with Crippen LogP contribution in [-0.4, -0.2) is 35.8 Å². The number of rotatable bonds is 7. The number of aromatic nitrogens is 2. The maximum Gasteiger partial charge on any atom is 0.435 e. The summed E-state index contributed by atoms with van der Waals surface area (Å²) in [5.74, 6) is -1.86. The van der Waals surface area contributed by atoms with E-state index in [0.29, 0.717) is 0 Å². The molecule has 0 saturated carbocycles. The van der Waals surface area contributed by atoms with Crippen molar-refractivity contribution in [2.24, 2.45) is 5.92 Å². The summed E-state index contributed by atoms with van der Waals surface area (Å²) in [6.07, 6.45) is -4.58. The summed E-state index contributed by atoms with van der Waals surface area (Å²) >= 11 is 11.6. The molecule has 0 aliphatic heterocycles. The largest absolute Gasteiger partial charge is 0.478 e. The van der Waals surface area contributed by atoms with Crippen LogP contribution in [0.1, 0.15) is 28.7 Å². The lowest BCUT2D eigenvalue weighted by atomic mass is 10.2. The normalized spacial score (nSPS) is 13.5. The van der Waals surface area contributed by atoms with Crippen molar-refractivity contribution in [2.75, 3.05) is 6.54 Å². The highest BCUT2D eigenvalue weighted by Gasteiger charge is 2.34. The van der Waals surface area contributed by atoms with Gasteiger partial charge < -0.3 is 5.11 Å². The number of nitrogens with zero attached hydrogens (tertiary/aromatic N) is 2. The molecule has 0 spiro atoms. The number of carboxylic acid groups (broad SMARTS) is 1. The molecule has 7 nitrogen and oxygen atoms in total. The van der Waals surface area contributed by atoms with Crippen LogP contribution in [0.25, 0.3) is 0 Å². The lowest BCUT2D eigenvalue weighted by Gasteiger charge is -2.15. The second kappa shape index (κ2) is 8.50. The molecule has 0 saturated heterocycles. The molecule has 0 aliphatic rings. The van der Waals surface area contributed by atoms with Gasteiger partial charge in [0, 0.05) is 18.8 Å². The van der Waals surface area contributed by atoms with Crippen molar-refractivity contribution in [1.82, 2.24) is 14.5 Å². The van der Waals surface area contributed by atoms with E-state index in [0.717, 1.165) is 22.9 Å². The first kappa shape index (κ1) is 23.5. The number of nitrogens with one attached hydrogen (secondary N) is 1. The highest BCUT2D eigenvalue weighted by Crippen LogP contribution is 2.30. The van der Waals surface area contributed by atoms with Crippen molar-refractivity contribution in [2.45, 2.75) is 31.5 Å². The quantitative estimate of drug-likeness (QED) is 0.636. The Balaban J connectivity index is 2.14. The summed E-state index contributed by atoms with van der Waals surface area (Å²) in [6.45, 7) is 2.95. The molecular weight excluding hydrogens is 458 g/mol. The minimum atomic E-state index is -4.58. The second-order valence-electron chi connectivity index (χ2n) is 6.38. The Morgan fingerprint density at radius 3 is 2.41 bits per heavy atom. The summed E-state index contributed by atoms with van der Waals surface area (Å²) in [5.41, 5.74) is -1.19. The van der Waals surface area contributed by atoms with Crippen LogP contribution in [-0.2, 0) is 22.7 Å². The summed E-state index contributed by atoms with van der Waals surface area (Å²) in [6, 6.07) is 2.75. The lowest BCUT2D eigenvalue weighted by molar-refractivity contribution is -0.141. The molecule has 2 rings (SSSR count). The highest BCUT2D eigenvalue weighted by atomic mass is 35.5. The SMILES string of the molecule is Cc1cc(C(F)(F)F)nn1CC(C)CNS(=O)(=O)c1cc(C(=O)O)c(Cl)cc1Cl. The molecule has 1 heterocycles. The summed E-state index contributed by atoms with van der Waals surface area (Å²) in [7, 11) is -4.19. The molecule has 29 heavy (non-hydrogen) atoms. The molecule has 1 unspecified atom stereocenters. The smallest absolute Gasteiger partial charge is 0.435 e. The van der Waals surface area contributed by atoms with Crippen LogP contribution in [0.15, 0.2) is 23.1 Å². The first-order chi connectivity index (χ1) is 13.2. The van der Waals surface area contributed by atoms with Crippen molar-refractivity contribution in [1.29, 1.82) is 0 Å². The van der Waals surface area contributed by atoms with Gasteiger partial charge >= 0.3 is 12.1 Å². The Labute approximate surface area is 174 Å². The van der Waals surface area contributed by atoms with E-state index in [2.05, 4.69) is 9.82 Å². The van der Waals surface area contributed by atoms with Gasteiger partial charge in [0.15, 0.2) is 5.69 Å². The minimum absolute atomic E-state index is 0.0269. The van der Waals surface area contributed by atoms with E-state index in [1.54, 1.807) is 6.92 Å². The Morgan fingerprint density at radius 1 is 1.28 bits per heavy atom. The van der Waals surface area contributed by atoms with Crippen LogP contribution in [0.3, 0.4) is 0 Å². The van der Waals surface area contributed by atoms with Crippen molar-refractivity contribution >= 4 is 39.2 Å². The first-order valence-corrected chi connectivity index (χ1v) is 10.3. The van der Waals surface area contributed by atoms with Gasteiger partial charge in [-0.25, -0.2) is 17.9 Å². The predicted octanol–water partition coefficient (Wildman–Crippen LogP) is 3.83. The van der Waals surface area contributed by atoms with E-state index < -0.39 is 44.2 Å². The van der Waals surface area contributed by atoms with Gasteiger partial charge in [-0.15, -0.1) is 0 Å². The van der Waals surface area contributed by atoms with E-state index in [-0.39, 0.29) is 28.8 Å². The number of aryl methyl sites for hydroxylation is 1. The van der Waals surface area contributed by atoms with Gasteiger partial charge in [-0.05, 0) is 31.0 Å². The predicted molar refractivity (Wildman–Crippen MR) is 99.7 cm³/mol. The molecule has 0 radical (unpaired) electrons. The maximum absolute atomic E-state index is 12.7. The first-order valence-electron chi connectivity index (χ1n) is 8.06. The lowest BCUT2D eigenvalue weighted by Crippen LogP contribution is -2.31. The summed E-state index contributed by atoms with van der Waals surface area (Å²) in [4.78, 5) is 10.7. The van der Waals surface area contributed by atoms with Gasteiger partial charge in [-0.3, -0.25) is 4.68 Å². The molecule has 1 aromatic heterocycles. The number of carboxylic acids is 1. The number of aromatic carboxylic acids is 1. The summed E-state index contributed by atoms with van der Waals surface area (Å²) in [5, 5.41) is 12.1. The second-order valence-corrected chi connectivity index (χ2v) is 8.93. The molecule has 0 fully saturated rings. The van der Waals surface area contributed by atoms with Gasteiger partial charge in [-0.1, -0.05) is 30.1 Å². The number of sulfonamides is 1. The Kier molecular flexibility index (Phi) is 6.88. The Bertz CT molecular complexity index is 1040. The van der Waals surface area contributed by atoms with Crippen molar-refractivity contribution in [3.8, 4) is 0 Å².